The molecule has 0 amide bonds. The van der Waals surface area contributed by atoms with Gasteiger partial charge in [-0.3, -0.25) is 0 Å². The van der Waals surface area contributed by atoms with Crippen molar-refractivity contribution in [1.29, 1.82) is 0 Å². The van der Waals surface area contributed by atoms with Crippen LogP contribution in [-0.2, 0) is 0 Å². The number of unbranched alkanes of at least 4 members (excludes halogenated alkanes) is 7. The van der Waals surface area contributed by atoms with Crippen LogP contribution in [0.15, 0.2) is 23.4 Å². The van der Waals surface area contributed by atoms with Crippen molar-refractivity contribution in [3.05, 3.63) is 23.4 Å². The van der Waals surface area contributed by atoms with Crippen molar-refractivity contribution >= 4 is 8.07 Å². The first kappa shape index (κ1) is 19.7. The molecule has 0 aromatic carbocycles. The fourth-order valence-electron chi connectivity index (χ4n) is 2.44. The van der Waals surface area contributed by atoms with Crippen LogP contribution in [0.1, 0.15) is 78.1 Å². The van der Waals surface area contributed by atoms with Gasteiger partial charge in [-0.15, -0.1) is 0 Å². The number of hydrogen-bond acceptors (Lipinski definition) is 0. The first-order chi connectivity index (χ1) is 9.49. The minimum Gasteiger partial charge on any atom is -0.0919 e. The summed E-state index contributed by atoms with van der Waals surface area (Å²) in [5.74, 6) is 0. The molecule has 0 radical (unpaired) electrons. The average molecular weight is 295 g/mol. The van der Waals surface area contributed by atoms with Gasteiger partial charge in [0.15, 0.2) is 0 Å². The zero-order valence-electron chi connectivity index (χ0n) is 14.8. The highest BCUT2D eigenvalue weighted by atomic mass is 28.3. The molecule has 0 bridgehead atoms. The first-order valence-electron chi connectivity index (χ1n) is 8.88. The highest BCUT2D eigenvalue weighted by molar-refractivity contribution is 6.81. The Kier molecular flexibility index (Phi) is 12.2. The second kappa shape index (κ2) is 12.4. The Morgan fingerprint density at radius 3 is 1.95 bits per heavy atom. The molecule has 118 valence electrons. The van der Waals surface area contributed by atoms with E-state index in [0.717, 1.165) is 0 Å². The van der Waals surface area contributed by atoms with Gasteiger partial charge < -0.3 is 0 Å². The molecule has 0 atom stereocenters. The Morgan fingerprint density at radius 2 is 1.40 bits per heavy atom. The van der Waals surface area contributed by atoms with E-state index >= 15 is 0 Å². The summed E-state index contributed by atoms with van der Waals surface area (Å²) in [6.07, 6.45) is 18.4. The molecule has 0 saturated carbocycles. The molecule has 0 unspecified atom stereocenters. The van der Waals surface area contributed by atoms with Crippen LogP contribution in [-0.4, -0.2) is 8.07 Å². The normalized spacial score (nSPS) is 13.3. The summed E-state index contributed by atoms with van der Waals surface area (Å²) in [5.41, 5.74) is 4.21. The predicted octanol–water partition coefficient (Wildman–Crippen LogP) is 7.29. The van der Waals surface area contributed by atoms with E-state index in [-0.39, 0.29) is 0 Å². The molecule has 0 heterocycles. The molecule has 0 saturated heterocycles. The predicted molar refractivity (Wildman–Crippen MR) is 98.1 cm³/mol. The van der Waals surface area contributed by atoms with Crippen molar-refractivity contribution in [2.75, 3.05) is 0 Å². The van der Waals surface area contributed by atoms with Crippen LogP contribution in [0, 0.1) is 0 Å². The second-order valence-corrected chi connectivity index (χ2v) is 12.2. The van der Waals surface area contributed by atoms with Crippen molar-refractivity contribution in [3.8, 4) is 0 Å². The van der Waals surface area contributed by atoms with Crippen molar-refractivity contribution < 1.29 is 0 Å². The van der Waals surface area contributed by atoms with E-state index in [4.69, 9.17) is 0 Å². The molecular weight excluding hydrogens is 256 g/mol. The van der Waals surface area contributed by atoms with Gasteiger partial charge in [0.1, 0.15) is 0 Å². The van der Waals surface area contributed by atoms with Crippen molar-refractivity contribution in [3.63, 3.8) is 0 Å². The summed E-state index contributed by atoms with van der Waals surface area (Å²) in [4.78, 5) is 0. The number of hydrogen-bond donors (Lipinski definition) is 0. The van der Waals surface area contributed by atoms with E-state index in [1.54, 1.807) is 5.57 Å². The third-order valence-electron chi connectivity index (χ3n) is 3.49. The fraction of sp³-hybridized carbons (Fsp3) is 0.789. The Hall–Kier alpha value is -0.303. The summed E-state index contributed by atoms with van der Waals surface area (Å²) in [6, 6.07) is 0. The van der Waals surface area contributed by atoms with E-state index in [1.807, 2.05) is 0 Å². The lowest BCUT2D eigenvalue weighted by atomic mass is 10.1. The van der Waals surface area contributed by atoms with Crippen LogP contribution < -0.4 is 0 Å². The van der Waals surface area contributed by atoms with Crippen LogP contribution in [0.3, 0.4) is 0 Å². The van der Waals surface area contributed by atoms with Crippen molar-refractivity contribution in [2.24, 2.45) is 0 Å². The topological polar surface area (TPSA) is 0 Å². The van der Waals surface area contributed by atoms with E-state index in [0.29, 0.717) is 0 Å². The van der Waals surface area contributed by atoms with Crippen molar-refractivity contribution in [2.45, 2.75) is 97.7 Å². The summed E-state index contributed by atoms with van der Waals surface area (Å²) in [7, 11) is -1.08. The average Bonchev–Trinajstić information content (AvgIpc) is 2.36. The van der Waals surface area contributed by atoms with Crippen molar-refractivity contribution in [1.82, 2.24) is 0 Å². The largest absolute Gasteiger partial charge is 0.0919 e. The smallest absolute Gasteiger partial charge is 0.0690 e. The zero-order valence-corrected chi connectivity index (χ0v) is 15.8. The van der Waals surface area contributed by atoms with E-state index in [1.165, 1.54) is 64.2 Å². The molecule has 0 aromatic heterocycles. The van der Waals surface area contributed by atoms with Gasteiger partial charge in [-0.25, -0.2) is 0 Å². The van der Waals surface area contributed by atoms with Crippen LogP contribution in [0.25, 0.3) is 0 Å². The zero-order chi connectivity index (χ0) is 15.3. The highest BCUT2D eigenvalue weighted by Crippen LogP contribution is 2.16. The molecule has 0 aliphatic carbocycles. The van der Waals surface area contributed by atoms with E-state index in [2.05, 4.69) is 51.3 Å². The Labute approximate surface area is 129 Å². The third-order valence-corrected chi connectivity index (χ3v) is 4.73. The lowest BCUT2D eigenvalue weighted by Crippen LogP contribution is -2.16. The van der Waals surface area contributed by atoms with Gasteiger partial charge in [0.2, 0.25) is 0 Å². The maximum Gasteiger partial charge on any atom is 0.0690 e. The summed E-state index contributed by atoms with van der Waals surface area (Å²) in [6.45, 7) is 11.9. The molecule has 0 spiro atoms. The minimum absolute atomic E-state index is 1.08. The van der Waals surface area contributed by atoms with Gasteiger partial charge in [0.05, 0.1) is 8.07 Å². The standard InChI is InChI=1S/C19H38Si/c1-6-8-10-12-13-15-17-19(18-20(3,4)5)16-14-11-9-7-2/h15,17-18H,6-14,16H2,1-5H3/b17-15+,19-18+. The van der Waals surface area contributed by atoms with Gasteiger partial charge in [-0.05, 0) is 25.7 Å². The fourth-order valence-corrected chi connectivity index (χ4v) is 3.79. The van der Waals surface area contributed by atoms with Crippen LogP contribution in [0.4, 0.5) is 0 Å². The maximum absolute atomic E-state index is 2.60. The van der Waals surface area contributed by atoms with Gasteiger partial charge in [0.25, 0.3) is 0 Å². The Bertz CT molecular complexity index is 268. The summed E-state index contributed by atoms with van der Waals surface area (Å²) in [5, 5.41) is 0. The SMILES string of the molecule is CCCCCC/C=C/C(=C/[Si](C)(C)C)CCCCCC. The van der Waals surface area contributed by atoms with Crippen LogP contribution >= 0.6 is 0 Å². The Balaban J connectivity index is 4.18. The molecule has 20 heavy (non-hydrogen) atoms. The lowest BCUT2D eigenvalue weighted by Gasteiger charge is -2.12. The molecule has 0 aliphatic heterocycles. The first-order valence-corrected chi connectivity index (χ1v) is 12.5. The van der Waals surface area contributed by atoms with Gasteiger partial charge in [-0.1, -0.05) is 95.4 Å². The minimum atomic E-state index is -1.08. The Morgan fingerprint density at radius 1 is 0.800 bits per heavy atom. The molecule has 1 heteroatoms. The number of allylic oxidation sites excluding steroid dienone is 3. The van der Waals surface area contributed by atoms with Crippen LogP contribution in [0.5, 0.6) is 0 Å². The molecule has 0 N–H and O–H groups in total. The molecule has 0 aliphatic rings. The highest BCUT2D eigenvalue weighted by Gasteiger charge is 2.09. The summed E-state index contributed by atoms with van der Waals surface area (Å²) >= 11 is 0. The second-order valence-electron chi connectivity index (χ2n) is 7.15. The molecular formula is C19H38Si. The van der Waals surface area contributed by atoms with E-state index < -0.39 is 8.07 Å². The molecule has 0 aromatic rings. The van der Waals surface area contributed by atoms with E-state index in [9.17, 15) is 0 Å². The monoisotopic (exact) mass is 294 g/mol. The lowest BCUT2D eigenvalue weighted by molar-refractivity contribution is 0.666. The quantitative estimate of drug-likeness (QED) is 0.201. The van der Waals surface area contributed by atoms with Gasteiger partial charge in [-0.2, -0.15) is 0 Å². The maximum atomic E-state index is 2.60. The molecule has 0 fully saturated rings. The number of rotatable bonds is 12. The van der Waals surface area contributed by atoms with Gasteiger partial charge >= 0.3 is 0 Å². The third kappa shape index (κ3) is 14.1. The molecule has 0 nitrogen and oxygen atoms in total. The summed E-state index contributed by atoms with van der Waals surface area (Å²) < 4.78 is 0. The van der Waals surface area contributed by atoms with Gasteiger partial charge in [0, 0.05) is 0 Å². The van der Waals surface area contributed by atoms with Crippen LogP contribution in [0.2, 0.25) is 19.6 Å². The molecule has 0 rings (SSSR count).